The molecule has 3 aromatic rings. The van der Waals surface area contributed by atoms with Crippen molar-refractivity contribution in [3.63, 3.8) is 0 Å². The highest BCUT2D eigenvalue weighted by atomic mass is 16.4. The minimum atomic E-state index is -1.08. The first kappa shape index (κ1) is 11.3. The van der Waals surface area contributed by atoms with Gasteiger partial charge in [0, 0.05) is 12.5 Å². The lowest BCUT2D eigenvalue weighted by Gasteiger charge is -2.00. The fourth-order valence-corrected chi connectivity index (χ4v) is 1.83. The Morgan fingerprint density at radius 3 is 2.89 bits per heavy atom. The summed E-state index contributed by atoms with van der Waals surface area (Å²) in [5.41, 5.74) is 2.65. The van der Waals surface area contributed by atoms with E-state index >= 15 is 0 Å². The van der Waals surface area contributed by atoms with Gasteiger partial charge in [0.25, 0.3) is 0 Å². The van der Waals surface area contributed by atoms with Gasteiger partial charge in [-0.25, -0.2) is 19.7 Å². The second-order valence-corrected chi connectivity index (χ2v) is 4.01. The monoisotopic (exact) mass is 255 g/mol. The van der Waals surface area contributed by atoms with E-state index in [1.54, 1.807) is 13.0 Å². The molecule has 3 rings (SSSR count). The van der Waals surface area contributed by atoms with Crippen LogP contribution in [0.3, 0.4) is 0 Å². The van der Waals surface area contributed by atoms with Gasteiger partial charge in [0.2, 0.25) is 0 Å². The lowest BCUT2D eigenvalue weighted by Crippen LogP contribution is -2.01. The van der Waals surface area contributed by atoms with Crippen molar-refractivity contribution >= 4 is 17.1 Å². The van der Waals surface area contributed by atoms with Crippen molar-refractivity contribution in [2.24, 2.45) is 0 Å². The Morgan fingerprint density at radius 2 is 2.11 bits per heavy atom. The summed E-state index contributed by atoms with van der Waals surface area (Å²) in [4.78, 5) is 22.8. The fraction of sp³-hybridized carbons (Fsp3) is 0.0769. The highest BCUT2D eigenvalue weighted by Crippen LogP contribution is 2.23. The summed E-state index contributed by atoms with van der Waals surface area (Å²) in [6.45, 7) is 1.77. The predicted octanol–water partition coefficient (Wildman–Crippen LogP) is 2.29. The number of aryl methyl sites for hydroxylation is 1. The van der Waals surface area contributed by atoms with Crippen molar-refractivity contribution in [1.29, 1.82) is 0 Å². The van der Waals surface area contributed by atoms with Gasteiger partial charge in [-0.1, -0.05) is 6.07 Å². The maximum atomic E-state index is 10.9. The minimum Gasteiger partial charge on any atom is -0.477 e. The molecule has 6 nitrogen and oxygen atoms in total. The van der Waals surface area contributed by atoms with Gasteiger partial charge < -0.3 is 9.52 Å². The average molecular weight is 255 g/mol. The third kappa shape index (κ3) is 2.03. The number of aromatic nitrogens is 3. The van der Waals surface area contributed by atoms with Crippen LogP contribution in [0.1, 0.15) is 16.4 Å². The number of benzene rings is 1. The van der Waals surface area contributed by atoms with Crippen LogP contribution in [0.2, 0.25) is 0 Å². The molecule has 0 saturated heterocycles. The number of oxazole rings is 1. The average Bonchev–Trinajstić information content (AvgIpc) is 2.77. The smallest absolute Gasteiger partial charge is 0.354 e. The van der Waals surface area contributed by atoms with Gasteiger partial charge in [-0.15, -0.1) is 0 Å². The third-order valence-electron chi connectivity index (χ3n) is 2.68. The molecule has 19 heavy (non-hydrogen) atoms. The van der Waals surface area contributed by atoms with Crippen molar-refractivity contribution in [1.82, 2.24) is 15.0 Å². The first-order valence-electron chi connectivity index (χ1n) is 5.56. The largest absolute Gasteiger partial charge is 0.477 e. The summed E-state index contributed by atoms with van der Waals surface area (Å²) >= 11 is 0. The topological polar surface area (TPSA) is 89.1 Å². The van der Waals surface area contributed by atoms with Crippen LogP contribution in [-0.4, -0.2) is 26.0 Å². The minimum absolute atomic E-state index is 0.0427. The van der Waals surface area contributed by atoms with Crippen molar-refractivity contribution in [2.75, 3.05) is 0 Å². The molecule has 0 saturated carbocycles. The van der Waals surface area contributed by atoms with Crippen LogP contribution >= 0.6 is 0 Å². The SMILES string of the molecule is Cc1nc2ccc(-c3cc(C(=O)O)ncn3)cc2o1. The van der Waals surface area contributed by atoms with Gasteiger partial charge in [0.1, 0.15) is 11.8 Å². The fourth-order valence-electron chi connectivity index (χ4n) is 1.83. The molecule has 2 aromatic heterocycles. The Morgan fingerprint density at radius 1 is 1.26 bits per heavy atom. The molecule has 0 fully saturated rings. The molecule has 94 valence electrons. The number of carboxylic acids is 1. The van der Waals surface area contributed by atoms with Crippen LogP contribution in [0.15, 0.2) is 35.0 Å². The number of nitrogens with zero attached hydrogens (tertiary/aromatic N) is 3. The van der Waals surface area contributed by atoms with Crippen LogP contribution in [0, 0.1) is 6.92 Å². The van der Waals surface area contributed by atoms with Crippen LogP contribution in [0.4, 0.5) is 0 Å². The summed E-state index contributed by atoms with van der Waals surface area (Å²) in [5, 5.41) is 8.91. The quantitative estimate of drug-likeness (QED) is 0.755. The summed E-state index contributed by atoms with van der Waals surface area (Å²) in [5.74, 6) is -0.499. The molecule has 0 atom stereocenters. The molecule has 0 spiro atoms. The molecule has 2 heterocycles. The number of carbonyl (C=O) groups is 1. The Labute approximate surface area is 107 Å². The second kappa shape index (κ2) is 4.16. The van der Waals surface area contributed by atoms with Gasteiger partial charge in [0.05, 0.1) is 5.69 Å². The first-order valence-corrected chi connectivity index (χ1v) is 5.56. The zero-order valence-electron chi connectivity index (χ0n) is 9.99. The van der Waals surface area contributed by atoms with Crippen molar-refractivity contribution in [2.45, 2.75) is 6.92 Å². The summed E-state index contributed by atoms with van der Waals surface area (Å²) in [6, 6.07) is 6.83. The van der Waals surface area contributed by atoms with E-state index in [-0.39, 0.29) is 5.69 Å². The molecule has 0 aliphatic carbocycles. The Kier molecular flexibility index (Phi) is 2.49. The molecule has 6 heteroatoms. The summed E-state index contributed by atoms with van der Waals surface area (Å²) in [6.07, 6.45) is 1.23. The Balaban J connectivity index is 2.12. The van der Waals surface area contributed by atoms with E-state index in [0.29, 0.717) is 17.2 Å². The summed E-state index contributed by atoms with van der Waals surface area (Å²) in [7, 11) is 0. The van der Waals surface area contributed by atoms with Crippen LogP contribution in [0.5, 0.6) is 0 Å². The van der Waals surface area contributed by atoms with Crippen molar-refractivity contribution < 1.29 is 14.3 Å². The standard InChI is InChI=1S/C13H9N3O3/c1-7-16-9-3-2-8(4-12(9)19-7)10-5-11(13(17)18)15-6-14-10/h2-6H,1H3,(H,17,18). The third-order valence-corrected chi connectivity index (χ3v) is 2.68. The van der Waals surface area contributed by atoms with Crippen LogP contribution in [-0.2, 0) is 0 Å². The first-order chi connectivity index (χ1) is 9.13. The van der Waals surface area contributed by atoms with E-state index in [0.717, 1.165) is 11.1 Å². The molecule has 0 unspecified atom stereocenters. The molecule has 0 amide bonds. The van der Waals surface area contributed by atoms with Gasteiger partial charge >= 0.3 is 5.97 Å². The molecular formula is C13H9N3O3. The number of hydrogen-bond donors (Lipinski definition) is 1. The molecule has 1 N–H and O–H groups in total. The highest BCUT2D eigenvalue weighted by molar-refractivity contribution is 5.87. The Bertz CT molecular complexity index is 780. The lowest BCUT2D eigenvalue weighted by atomic mass is 10.1. The van der Waals surface area contributed by atoms with Gasteiger partial charge in [0.15, 0.2) is 17.2 Å². The van der Waals surface area contributed by atoms with Crippen molar-refractivity contribution in [3.05, 3.63) is 42.2 Å². The van der Waals surface area contributed by atoms with E-state index < -0.39 is 5.97 Å². The molecule has 0 radical (unpaired) electrons. The zero-order valence-corrected chi connectivity index (χ0v) is 9.99. The maximum absolute atomic E-state index is 10.9. The number of rotatable bonds is 2. The maximum Gasteiger partial charge on any atom is 0.354 e. The van der Waals surface area contributed by atoms with Crippen molar-refractivity contribution in [3.8, 4) is 11.3 Å². The number of fused-ring (bicyclic) bond motifs is 1. The second-order valence-electron chi connectivity index (χ2n) is 4.01. The molecule has 1 aromatic carbocycles. The lowest BCUT2D eigenvalue weighted by molar-refractivity contribution is 0.0690. The van der Waals surface area contributed by atoms with E-state index in [9.17, 15) is 4.79 Å². The highest BCUT2D eigenvalue weighted by Gasteiger charge is 2.09. The molecule has 0 aliphatic heterocycles. The van der Waals surface area contributed by atoms with Gasteiger partial charge in [-0.05, 0) is 18.2 Å². The number of aromatic carboxylic acids is 1. The normalized spacial score (nSPS) is 10.8. The van der Waals surface area contributed by atoms with Crippen LogP contribution in [0.25, 0.3) is 22.4 Å². The molecule has 0 bridgehead atoms. The molecular weight excluding hydrogens is 246 g/mol. The zero-order chi connectivity index (χ0) is 13.4. The number of carboxylic acid groups (broad SMARTS) is 1. The summed E-state index contributed by atoms with van der Waals surface area (Å²) < 4.78 is 5.44. The van der Waals surface area contributed by atoms with Gasteiger partial charge in [-0.3, -0.25) is 0 Å². The van der Waals surface area contributed by atoms with E-state index in [4.69, 9.17) is 9.52 Å². The van der Waals surface area contributed by atoms with E-state index in [1.807, 2.05) is 12.1 Å². The van der Waals surface area contributed by atoms with Gasteiger partial charge in [-0.2, -0.15) is 0 Å². The number of hydrogen-bond acceptors (Lipinski definition) is 5. The van der Waals surface area contributed by atoms with E-state index in [2.05, 4.69) is 15.0 Å². The predicted molar refractivity (Wildman–Crippen MR) is 66.7 cm³/mol. The Hall–Kier alpha value is -2.76. The molecule has 0 aliphatic rings. The van der Waals surface area contributed by atoms with Crippen LogP contribution < -0.4 is 0 Å². The van der Waals surface area contributed by atoms with E-state index in [1.165, 1.54) is 12.4 Å².